The largest absolute Gasteiger partial charge is 0.372 e. The van der Waals surface area contributed by atoms with Gasteiger partial charge in [0.1, 0.15) is 0 Å². The van der Waals surface area contributed by atoms with E-state index in [-0.39, 0.29) is 0 Å². The minimum atomic E-state index is 0.476. The fourth-order valence-electron chi connectivity index (χ4n) is 3.20. The zero-order valence-corrected chi connectivity index (χ0v) is 13.6. The minimum Gasteiger partial charge on any atom is -0.372 e. The number of hydrogen-bond acceptors (Lipinski definition) is 4. The molecule has 1 aromatic rings. The lowest BCUT2D eigenvalue weighted by Gasteiger charge is -2.14. The van der Waals surface area contributed by atoms with Crippen LogP contribution in [0.2, 0.25) is 0 Å². The van der Waals surface area contributed by atoms with Crippen molar-refractivity contribution in [3.05, 3.63) is 35.4 Å². The summed E-state index contributed by atoms with van der Waals surface area (Å²) in [5.74, 6) is 3.29. The lowest BCUT2D eigenvalue weighted by molar-refractivity contribution is 0.734. The summed E-state index contributed by atoms with van der Waals surface area (Å²) in [5.41, 5.74) is 2.77. The monoisotopic (exact) mass is 298 g/mol. The lowest BCUT2D eigenvalue weighted by Crippen LogP contribution is -2.26. The van der Waals surface area contributed by atoms with Gasteiger partial charge in [0.25, 0.3) is 0 Å². The summed E-state index contributed by atoms with van der Waals surface area (Å²) >= 11 is 0. The van der Waals surface area contributed by atoms with Gasteiger partial charge in [0.15, 0.2) is 0 Å². The third-order valence-electron chi connectivity index (χ3n) is 4.44. The van der Waals surface area contributed by atoms with Crippen LogP contribution in [0.25, 0.3) is 0 Å². The molecule has 0 aliphatic carbocycles. The highest BCUT2D eigenvalue weighted by Crippen LogP contribution is 2.15. The van der Waals surface area contributed by atoms with Gasteiger partial charge in [-0.05, 0) is 24.0 Å². The first kappa shape index (κ1) is 15.1. The van der Waals surface area contributed by atoms with Crippen molar-refractivity contribution in [2.75, 3.05) is 26.2 Å². The smallest absolute Gasteiger partial charge is 0.0996 e. The Morgan fingerprint density at radius 2 is 1.23 bits per heavy atom. The molecule has 0 amide bonds. The second-order valence-corrected chi connectivity index (χ2v) is 6.41. The quantitative estimate of drug-likeness (QED) is 0.844. The highest BCUT2D eigenvalue weighted by atomic mass is 15.1. The summed E-state index contributed by atoms with van der Waals surface area (Å²) < 4.78 is 0. The third kappa shape index (κ3) is 3.67. The number of hydrogen-bond donors (Lipinski definition) is 2. The topological polar surface area (TPSA) is 48.8 Å². The van der Waals surface area contributed by atoms with Crippen LogP contribution < -0.4 is 10.6 Å². The van der Waals surface area contributed by atoms with Crippen molar-refractivity contribution in [3.8, 4) is 0 Å². The number of benzene rings is 1. The minimum absolute atomic E-state index is 0.476. The van der Waals surface area contributed by atoms with E-state index in [4.69, 9.17) is 0 Å². The number of amidine groups is 2. The van der Waals surface area contributed by atoms with Crippen molar-refractivity contribution >= 4 is 11.7 Å². The Morgan fingerprint density at radius 1 is 0.818 bits per heavy atom. The van der Waals surface area contributed by atoms with E-state index in [1.165, 1.54) is 22.8 Å². The highest BCUT2D eigenvalue weighted by Gasteiger charge is 2.16. The molecule has 0 unspecified atom stereocenters. The van der Waals surface area contributed by atoms with E-state index in [9.17, 15) is 0 Å². The molecule has 3 rings (SSSR count). The summed E-state index contributed by atoms with van der Waals surface area (Å²) in [6.45, 7) is 8.33. The molecule has 4 heteroatoms. The van der Waals surface area contributed by atoms with Crippen LogP contribution >= 0.6 is 0 Å². The molecule has 2 atom stereocenters. The Hall–Kier alpha value is -1.84. The molecule has 2 N–H and O–H groups in total. The molecule has 0 bridgehead atoms. The molecular weight excluding hydrogens is 272 g/mol. The maximum Gasteiger partial charge on any atom is 0.0996 e. The molecule has 22 heavy (non-hydrogen) atoms. The van der Waals surface area contributed by atoms with Crippen molar-refractivity contribution in [2.24, 2.45) is 21.8 Å². The Kier molecular flexibility index (Phi) is 4.76. The van der Waals surface area contributed by atoms with Crippen LogP contribution in [0.5, 0.6) is 0 Å². The molecule has 0 saturated carbocycles. The van der Waals surface area contributed by atoms with Crippen molar-refractivity contribution in [1.82, 2.24) is 10.6 Å². The van der Waals surface area contributed by atoms with Crippen molar-refractivity contribution < 1.29 is 0 Å². The number of nitrogens with one attached hydrogen (secondary N) is 2. The fraction of sp³-hybridized carbons (Fsp3) is 0.556. The molecule has 1 aromatic carbocycles. The molecule has 2 aliphatic rings. The molecule has 2 aliphatic heterocycles. The van der Waals surface area contributed by atoms with E-state index in [0.29, 0.717) is 11.8 Å². The van der Waals surface area contributed by atoms with Crippen LogP contribution in [-0.2, 0) is 12.8 Å². The maximum absolute atomic E-state index is 4.52. The summed E-state index contributed by atoms with van der Waals surface area (Å²) in [4.78, 5) is 9.04. The van der Waals surface area contributed by atoms with Crippen LogP contribution in [0.4, 0.5) is 0 Å². The molecule has 0 spiro atoms. The van der Waals surface area contributed by atoms with E-state index in [1.807, 2.05) is 0 Å². The van der Waals surface area contributed by atoms with Crippen LogP contribution in [-0.4, -0.2) is 37.9 Å². The van der Waals surface area contributed by atoms with Crippen molar-refractivity contribution in [3.63, 3.8) is 0 Å². The van der Waals surface area contributed by atoms with Gasteiger partial charge in [-0.25, -0.2) is 0 Å². The standard InChI is InChI=1S/C18H26N4/c1-13(17-19-7-8-20-17)11-15-3-5-16(6-4-15)12-14(2)18-21-9-10-22-18/h3-6,13-14H,7-12H2,1-2H3,(H,19,20)(H,21,22)/t13-,14-/m1/s1. The molecule has 0 fully saturated rings. The van der Waals surface area contributed by atoms with Gasteiger partial charge in [0, 0.05) is 24.9 Å². The van der Waals surface area contributed by atoms with Crippen LogP contribution in [0.15, 0.2) is 34.3 Å². The maximum atomic E-state index is 4.52. The van der Waals surface area contributed by atoms with E-state index >= 15 is 0 Å². The van der Waals surface area contributed by atoms with Gasteiger partial charge < -0.3 is 10.6 Å². The van der Waals surface area contributed by atoms with E-state index in [0.717, 1.165) is 39.0 Å². The predicted molar refractivity (Wildman–Crippen MR) is 92.8 cm³/mol. The number of rotatable bonds is 6. The Balaban J connectivity index is 1.55. The Bertz CT molecular complexity index is 508. The summed E-state index contributed by atoms with van der Waals surface area (Å²) in [6.07, 6.45) is 2.10. The SMILES string of the molecule is C[C@H](Cc1ccc(C[C@@H](C)C2=NCCN2)cc1)C1=NCCN1. The van der Waals surface area contributed by atoms with E-state index in [2.05, 4.69) is 58.7 Å². The second-order valence-electron chi connectivity index (χ2n) is 6.41. The van der Waals surface area contributed by atoms with Gasteiger partial charge >= 0.3 is 0 Å². The average molecular weight is 298 g/mol. The van der Waals surface area contributed by atoms with Crippen molar-refractivity contribution in [1.29, 1.82) is 0 Å². The predicted octanol–water partition coefficient (Wildman–Crippen LogP) is 2.05. The first-order valence-corrected chi connectivity index (χ1v) is 8.36. The van der Waals surface area contributed by atoms with Gasteiger partial charge in [0.05, 0.1) is 24.8 Å². The van der Waals surface area contributed by atoms with E-state index < -0.39 is 0 Å². The zero-order valence-electron chi connectivity index (χ0n) is 13.6. The third-order valence-corrected chi connectivity index (χ3v) is 4.44. The average Bonchev–Trinajstić information content (AvgIpc) is 3.23. The molecule has 0 saturated heterocycles. The molecule has 0 radical (unpaired) electrons. The first-order chi connectivity index (χ1) is 10.7. The summed E-state index contributed by atoms with van der Waals surface area (Å²) in [7, 11) is 0. The zero-order chi connectivity index (χ0) is 15.4. The van der Waals surface area contributed by atoms with Gasteiger partial charge in [-0.2, -0.15) is 0 Å². The normalized spacial score (nSPS) is 19.9. The van der Waals surface area contributed by atoms with Gasteiger partial charge in [0.2, 0.25) is 0 Å². The Morgan fingerprint density at radius 3 is 1.55 bits per heavy atom. The van der Waals surface area contributed by atoms with Crippen LogP contribution in [0.3, 0.4) is 0 Å². The van der Waals surface area contributed by atoms with Gasteiger partial charge in [-0.3, -0.25) is 9.98 Å². The molecule has 2 heterocycles. The lowest BCUT2D eigenvalue weighted by atomic mass is 9.96. The van der Waals surface area contributed by atoms with Gasteiger partial charge in [-0.1, -0.05) is 38.1 Å². The second kappa shape index (κ2) is 6.95. The Labute approximate surface area is 133 Å². The molecule has 0 aromatic heterocycles. The molecule has 118 valence electrons. The fourth-order valence-corrected chi connectivity index (χ4v) is 3.20. The highest BCUT2D eigenvalue weighted by molar-refractivity contribution is 5.86. The molecule has 4 nitrogen and oxygen atoms in total. The van der Waals surface area contributed by atoms with Crippen LogP contribution in [0, 0.1) is 11.8 Å². The summed E-state index contributed by atoms with van der Waals surface area (Å²) in [6, 6.07) is 9.05. The van der Waals surface area contributed by atoms with Crippen molar-refractivity contribution in [2.45, 2.75) is 26.7 Å². The number of aliphatic imine (C=N–C) groups is 2. The van der Waals surface area contributed by atoms with Crippen LogP contribution in [0.1, 0.15) is 25.0 Å². The van der Waals surface area contributed by atoms with E-state index in [1.54, 1.807) is 0 Å². The molecular formula is C18H26N4. The number of nitrogens with zero attached hydrogens (tertiary/aromatic N) is 2. The summed E-state index contributed by atoms with van der Waals surface area (Å²) in [5, 5.41) is 6.75. The van der Waals surface area contributed by atoms with Gasteiger partial charge in [-0.15, -0.1) is 0 Å². The first-order valence-electron chi connectivity index (χ1n) is 8.36.